The van der Waals surface area contributed by atoms with Crippen molar-refractivity contribution in [1.82, 2.24) is 15.5 Å². The third-order valence-corrected chi connectivity index (χ3v) is 2.65. The van der Waals surface area contributed by atoms with Crippen molar-refractivity contribution in [2.24, 2.45) is 0 Å². The summed E-state index contributed by atoms with van der Waals surface area (Å²) in [5.74, 6) is -0.218. The second-order valence-electron chi connectivity index (χ2n) is 3.60. The van der Waals surface area contributed by atoms with Crippen LogP contribution in [-0.4, -0.2) is 33.4 Å². The Morgan fingerprint density at radius 1 is 1.60 bits per heavy atom. The van der Waals surface area contributed by atoms with Crippen LogP contribution in [-0.2, 0) is 0 Å². The summed E-state index contributed by atoms with van der Waals surface area (Å²) >= 11 is 0. The molecule has 0 fully saturated rings. The van der Waals surface area contributed by atoms with Gasteiger partial charge in [0.25, 0.3) is 5.91 Å². The van der Waals surface area contributed by atoms with Crippen molar-refractivity contribution in [3.8, 4) is 0 Å². The summed E-state index contributed by atoms with van der Waals surface area (Å²) in [6.45, 7) is 4.06. The summed E-state index contributed by atoms with van der Waals surface area (Å²) < 4.78 is 0. The first-order valence-corrected chi connectivity index (χ1v) is 5.10. The minimum atomic E-state index is -0.806. The highest BCUT2D eigenvalue weighted by molar-refractivity contribution is 5.93. The standard InChI is InChI=1S/C10H17N3O2/c1-3-10(15,4-2)7-11-9(14)8-5-12-13-6-8/h5-6,15H,3-4,7H2,1-2H3,(H,11,14)(H,12,13). The van der Waals surface area contributed by atoms with E-state index in [-0.39, 0.29) is 12.5 Å². The van der Waals surface area contributed by atoms with Crippen molar-refractivity contribution >= 4 is 5.91 Å². The Bertz CT molecular complexity index is 304. The molecule has 1 aromatic heterocycles. The molecule has 15 heavy (non-hydrogen) atoms. The molecule has 3 N–H and O–H groups in total. The number of carbonyl (C=O) groups excluding carboxylic acids is 1. The van der Waals surface area contributed by atoms with E-state index < -0.39 is 5.60 Å². The van der Waals surface area contributed by atoms with Crippen LogP contribution in [0.3, 0.4) is 0 Å². The van der Waals surface area contributed by atoms with Gasteiger partial charge in [0.05, 0.1) is 17.4 Å². The van der Waals surface area contributed by atoms with Crippen molar-refractivity contribution in [1.29, 1.82) is 0 Å². The molecule has 1 amide bonds. The molecule has 0 unspecified atom stereocenters. The summed E-state index contributed by atoms with van der Waals surface area (Å²) in [7, 11) is 0. The Labute approximate surface area is 88.9 Å². The van der Waals surface area contributed by atoms with Crippen LogP contribution >= 0.6 is 0 Å². The van der Waals surface area contributed by atoms with Crippen molar-refractivity contribution in [2.75, 3.05) is 6.54 Å². The van der Waals surface area contributed by atoms with Gasteiger partial charge in [0.2, 0.25) is 0 Å². The van der Waals surface area contributed by atoms with Crippen molar-refractivity contribution < 1.29 is 9.90 Å². The van der Waals surface area contributed by atoms with Crippen LogP contribution < -0.4 is 5.32 Å². The van der Waals surface area contributed by atoms with Crippen molar-refractivity contribution in [3.63, 3.8) is 0 Å². The van der Waals surface area contributed by atoms with Gasteiger partial charge in [-0.15, -0.1) is 0 Å². The average molecular weight is 211 g/mol. The fourth-order valence-corrected chi connectivity index (χ4v) is 1.22. The quantitative estimate of drug-likeness (QED) is 0.670. The third-order valence-electron chi connectivity index (χ3n) is 2.65. The minimum absolute atomic E-state index is 0.218. The van der Waals surface area contributed by atoms with Gasteiger partial charge in [-0.3, -0.25) is 9.89 Å². The zero-order valence-corrected chi connectivity index (χ0v) is 9.08. The maximum atomic E-state index is 11.5. The number of H-pyrrole nitrogens is 1. The molecule has 0 aliphatic carbocycles. The summed E-state index contributed by atoms with van der Waals surface area (Å²) in [5.41, 5.74) is -0.330. The van der Waals surface area contributed by atoms with E-state index >= 15 is 0 Å². The number of carbonyl (C=O) groups is 1. The van der Waals surface area contributed by atoms with Gasteiger partial charge in [0.1, 0.15) is 0 Å². The normalized spacial score (nSPS) is 11.4. The van der Waals surface area contributed by atoms with E-state index in [1.807, 2.05) is 13.8 Å². The van der Waals surface area contributed by atoms with Crippen molar-refractivity contribution in [3.05, 3.63) is 18.0 Å². The largest absolute Gasteiger partial charge is 0.388 e. The number of aromatic nitrogens is 2. The van der Waals surface area contributed by atoms with Crippen LogP contribution in [0.2, 0.25) is 0 Å². The number of hydrogen-bond donors (Lipinski definition) is 3. The first kappa shape index (κ1) is 11.7. The van der Waals surface area contributed by atoms with Crippen LogP contribution in [0.15, 0.2) is 12.4 Å². The molecule has 5 nitrogen and oxygen atoms in total. The smallest absolute Gasteiger partial charge is 0.254 e. The van der Waals surface area contributed by atoms with Gasteiger partial charge in [-0.25, -0.2) is 0 Å². The highest BCUT2D eigenvalue weighted by Crippen LogP contribution is 2.12. The van der Waals surface area contributed by atoms with Gasteiger partial charge in [0.15, 0.2) is 0 Å². The van der Waals surface area contributed by atoms with Crippen LogP contribution in [0.4, 0.5) is 0 Å². The van der Waals surface area contributed by atoms with E-state index in [0.29, 0.717) is 18.4 Å². The molecule has 84 valence electrons. The second kappa shape index (κ2) is 4.93. The molecule has 1 heterocycles. The number of nitrogens with zero attached hydrogens (tertiary/aromatic N) is 1. The Hall–Kier alpha value is -1.36. The zero-order valence-electron chi connectivity index (χ0n) is 9.08. The lowest BCUT2D eigenvalue weighted by Gasteiger charge is -2.25. The molecule has 0 radical (unpaired) electrons. The van der Waals surface area contributed by atoms with Gasteiger partial charge >= 0.3 is 0 Å². The van der Waals surface area contributed by atoms with Crippen LogP contribution in [0, 0.1) is 0 Å². The molecule has 5 heteroatoms. The predicted molar refractivity (Wildman–Crippen MR) is 56.5 cm³/mol. The van der Waals surface area contributed by atoms with Crippen LogP contribution in [0.5, 0.6) is 0 Å². The van der Waals surface area contributed by atoms with E-state index in [1.165, 1.54) is 12.4 Å². The Morgan fingerprint density at radius 2 is 2.27 bits per heavy atom. The number of rotatable bonds is 5. The second-order valence-corrected chi connectivity index (χ2v) is 3.60. The Kier molecular flexibility index (Phi) is 3.85. The van der Waals surface area contributed by atoms with Gasteiger partial charge < -0.3 is 10.4 Å². The van der Waals surface area contributed by atoms with E-state index in [4.69, 9.17) is 0 Å². The molecule has 0 bridgehead atoms. The van der Waals surface area contributed by atoms with Gasteiger partial charge in [-0.05, 0) is 12.8 Å². The van der Waals surface area contributed by atoms with Gasteiger partial charge in [0, 0.05) is 12.7 Å². The lowest BCUT2D eigenvalue weighted by molar-refractivity contribution is 0.0314. The summed E-state index contributed by atoms with van der Waals surface area (Å²) in [4.78, 5) is 11.5. The third kappa shape index (κ3) is 3.06. The maximum Gasteiger partial charge on any atom is 0.254 e. The highest BCUT2D eigenvalue weighted by Gasteiger charge is 2.23. The number of amides is 1. The van der Waals surface area contributed by atoms with Crippen molar-refractivity contribution in [2.45, 2.75) is 32.3 Å². The first-order chi connectivity index (χ1) is 7.11. The molecular formula is C10H17N3O2. The molecule has 1 rings (SSSR count). The summed E-state index contributed by atoms with van der Waals surface area (Å²) in [5, 5.41) is 18.9. The number of nitrogens with one attached hydrogen (secondary N) is 2. The van der Waals surface area contributed by atoms with Crippen LogP contribution in [0.25, 0.3) is 0 Å². The molecule has 0 atom stereocenters. The zero-order chi connectivity index (χ0) is 11.3. The minimum Gasteiger partial charge on any atom is -0.388 e. The maximum absolute atomic E-state index is 11.5. The van der Waals surface area contributed by atoms with Gasteiger partial charge in [-0.2, -0.15) is 5.10 Å². The summed E-state index contributed by atoms with van der Waals surface area (Å²) in [6, 6.07) is 0. The topological polar surface area (TPSA) is 78.0 Å². The monoisotopic (exact) mass is 211 g/mol. The molecule has 0 saturated carbocycles. The average Bonchev–Trinajstić information content (AvgIpc) is 2.79. The number of aliphatic hydroxyl groups is 1. The van der Waals surface area contributed by atoms with E-state index in [9.17, 15) is 9.90 Å². The lowest BCUT2D eigenvalue weighted by Crippen LogP contribution is -2.41. The predicted octanol–water partition coefficient (Wildman–Crippen LogP) is 0.691. The fourth-order valence-electron chi connectivity index (χ4n) is 1.22. The first-order valence-electron chi connectivity index (χ1n) is 5.10. The number of hydrogen-bond acceptors (Lipinski definition) is 3. The molecule has 0 saturated heterocycles. The molecule has 1 aromatic rings. The molecule has 0 aromatic carbocycles. The number of aromatic amines is 1. The lowest BCUT2D eigenvalue weighted by atomic mass is 9.97. The highest BCUT2D eigenvalue weighted by atomic mass is 16.3. The van der Waals surface area contributed by atoms with Crippen LogP contribution in [0.1, 0.15) is 37.0 Å². The van der Waals surface area contributed by atoms with E-state index in [2.05, 4.69) is 15.5 Å². The molecule has 0 aliphatic heterocycles. The molecule has 0 aliphatic rings. The molecular weight excluding hydrogens is 194 g/mol. The Morgan fingerprint density at radius 3 is 2.73 bits per heavy atom. The SMILES string of the molecule is CCC(O)(CC)CNC(=O)c1cn[nH]c1. The van der Waals surface area contributed by atoms with E-state index in [1.54, 1.807) is 0 Å². The Balaban J connectivity index is 2.47. The molecule has 0 spiro atoms. The van der Waals surface area contributed by atoms with E-state index in [0.717, 1.165) is 0 Å². The van der Waals surface area contributed by atoms with Gasteiger partial charge in [-0.1, -0.05) is 13.8 Å². The summed E-state index contributed by atoms with van der Waals surface area (Å²) in [6.07, 6.45) is 4.21. The fraction of sp³-hybridized carbons (Fsp3) is 0.600.